The van der Waals surface area contributed by atoms with E-state index in [0.29, 0.717) is 17.7 Å². The van der Waals surface area contributed by atoms with Gasteiger partial charge in [0.25, 0.3) is 0 Å². The second-order valence-electron chi connectivity index (χ2n) is 4.01. The molecule has 0 spiro atoms. The topological polar surface area (TPSA) is 12.0 Å². The summed E-state index contributed by atoms with van der Waals surface area (Å²) in [5.41, 5.74) is -2.19. The minimum Gasteiger partial charge on any atom is -0.312 e. The molecule has 102 valence electrons. The lowest BCUT2D eigenvalue weighted by atomic mass is 10.1. The minimum absolute atomic E-state index is 0.0251. The molecule has 1 aromatic carbocycles. The average Bonchev–Trinajstić information content (AvgIpc) is 2.23. The van der Waals surface area contributed by atoms with E-state index in [2.05, 4.69) is 5.32 Å². The molecule has 0 aliphatic rings. The molecule has 0 aliphatic heterocycles. The summed E-state index contributed by atoms with van der Waals surface area (Å²) in [7, 11) is 0. The number of rotatable bonds is 5. The Morgan fingerprint density at radius 3 is 2.22 bits per heavy atom. The molecule has 1 nitrogen and oxygen atoms in total. The Bertz CT molecular complexity index is 381. The monoisotopic (exact) mass is 281 g/mol. The number of hydrogen-bond acceptors (Lipinski definition) is 2. The van der Waals surface area contributed by atoms with E-state index >= 15 is 0 Å². The molecule has 0 atom stereocenters. The van der Waals surface area contributed by atoms with Crippen LogP contribution in [0.3, 0.4) is 0 Å². The summed E-state index contributed by atoms with van der Waals surface area (Å²) in [6, 6.07) is 3.40. The Morgan fingerprint density at radius 2 is 1.72 bits per heavy atom. The van der Waals surface area contributed by atoms with Crippen LogP contribution < -0.4 is 5.32 Å². The van der Waals surface area contributed by atoms with Gasteiger partial charge in [-0.1, -0.05) is 12.1 Å². The zero-order chi connectivity index (χ0) is 13.8. The van der Waals surface area contributed by atoms with Gasteiger partial charge in [0, 0.05) is 18.8 Å². The van der Waals surface area contributed by atoms with E-state index in [9.17, 15) is 17.6 Å². The van der Waals surface area contributed by atoms with Crippen molar-refractivity contribution in [1.82, 2.24) is 5.32 Å². The fourth-order valence-corrected chi connectivity index (χ4v) is 2.09. The zero-order valence-corrected chi connectivity index (χ0v) is 11.0. The zero-order valence-electron chi connectivity index (χ0n) is 10.2. The number of nitrogens with one attached hydrogen (secondary N) is 1. The van der Waals surface area contributed by atoms with Crippen LogP contribution in [-0.2, 0) is 6.54 Å². The van der Waals surface area contributed by atoms with Gasteiger partial charge in [-0.15, -0.1) is 0 Å². The van der Waals surface area contributed by atoms with E-state index in [4.69, 9.17) is 0 Å². The first-order chi connectivity index (χ1) is 8.29. The number of aryl methyl sites for hydroxylation is 2. The summed E-state index contributed by atoms with van der Waals surface area (Å²) in [6.07, 6.45) is 0. The molecule has 0 amide bonds. The van der Waals surface area contributed by atoms with Crippen LogP contribution in [0.15, 0.2) is 12.1 Å². The van der Waals surface area contributed by atoms with E-state index in [0.717, 1.165) is 5.56 Å². The summed E-state index contributed by atoms with van der Waals surface area (Å²) < 4.78 is 48.9. The molecule has 0 saturated heterocycles. The number of benzene rings is 1. The van der Waals surface area contributed by atoms with Crippen LogP contribution in [0.4, 0.5) is 17.6 Å². The number of halogens is 4. The molecule has 0 saturated carbocycles. The summed E-state index contributed by atoms with van der Waals surface area (Å²) in [6.45, 7) is 4.05. The number of alkyl halides is 3. The van der Waals surface area contributed by atoms with Gasteiger partial charge in [-0.25, -0.2) is 4.39 Å². The molecule has 1 aromatic rings. The maximum absolute atomic E-state index is 13.3. The van der Waals surface area contributed by atoms with E-state index in [1.54, 1.807) is 26.0 Å². The summed E-state index contributed by atoms with van der Waals surface area (Å²) >= 11 is -0.0450. The summed E-state index contributed by atoms with van der Waals surface area (Å²) in [4.78, 5) is 0. The third-order valence-corrected chi connectivity index (χ3v) is 3.11. The van der Waals surface area contributed by atoms with Crippen molar-refractivity contribution in [3.05, 3.63) is 34.6 Å². The van der Waals surface area contributed by atoms with Crippen molar-refractivity contribution in [3.8, 4) is 0 Å². The van der Waals surface area contributed by atoms with Crippen LogP contribution in [0.5, 0.6) is 0 Å². The first-order valence-electron chi connectivity index (χ1n) is 5.46. The predicted octanol–water partition coefficient (Wildman–Crippen LogP) is 3.79. The lowest BCUT2D eigenvalue weighted by Gasteiger charge is -2.09. The highest BCUT2D eigenvalue weighted by atomic mass is 32.2. The molecule has 0 heterocycles. The summed E-state index contributed by atoms with van der Waals surface area (Å²) in [5, 5.41) is 2.90. The van der Waals surface area contributed by atoms with Crippen LogP contribution in [0.25, 0.3) is 0 Å². The van der Waals surface area contributed by atoms with E-state index in [-0.39, 0.29) is 29.9 Å². The lowest BCUT2D eigenvalue weighted by molar-refractivity contribution is -0.0327. The fourth-order valence-electron chi connectivity index (χ4n) is 1.61. The van der Waals surface area contributed by atoms with E-state index < -0.39 is 5.51 Å². The maximum atomic E-state index is 13.3. The van der Waals surface area contributed by atoms with Gasteiger partial charge in [-0.05, 0) is 42.3 Å². The Morgan fingerprint density at radius 1 is 1.17 bits per heavy atom. The molecule has 0 fully saturated rings. The number of hydrogen-bond donors (Lipinski definition) is 1. The second-order valence-corrected chi connectivity index (χ2v) is 5.17. The Kier molecular flexibility index (Phi) is 5.47. The molecule has 0 aliphatic carbocycles. The molecule has 0 bridgehead atoms. The van der Waals surface area contributed by atoms with Gasteiger partial charge in [0.15, 0.2) is 0 Å². The highest BCUT2D eigenvalue weighted by Gasteiger charge is 2.27. The molecule has 1 N–H and O–H groups in total. The molecule has 18 heavy (non-hydrogen) atoms. The molecular formula is C12H15F4NS. The quantitative estimate of drug-likeness (QED) is 0.651. The average molecular weight is 281 g/mol. The van der Waals surface area contributed by atoms with Gasteiger partial charge in [0.2, 0.25) is 0 Å². The Balaban J connectivity index is 2.36. The molecule has 0 aromatic heterocycles. The van der Waals surface area contributed by atoms with Crippen molar-refractivity contribution in [3.63, 3.8) is 0 Å². The number of thioether (sulfide) groups is 1. The molecule has 1 rings (SSSR count). The molecule has 6 heteroatoms. The standard InChI is InChI=1S/C12H15F4NS/c1-8-5-10(6-9(2)11(8)13)7-17-3-4-18-12(14,15)16/h5-6,17H,3-4,7H2,1-2H3. The van der Waals surface area contributed by atoms with Gasteiger partial charge >= 0.3 is 5.51 Å². The van der Waals surface area contributed by atoms with Crippen molar-refractivity contribution in [1.29, 1.82) is 0 Å². The smallest absolute Gasteiger partial charge is 0.312 e. The third-order valence-electron chi connectivity index (χ3n) is 2.37. The van der Waals surface area contributed by atoms with Crippen molar-refractivity contribution in [2.24, 2.45) is 0 Å². The first-order valence-corrected chi connectivity index (χ1v) is 6.45. The first kappa shape index (κ1) is 15.3. The lowest BCUT2D eigenvalue weighted by Crippen LogP contribution is -2.18. The van der Waals surface area contributed by atoms with E-state index in [1.807, 2.05) is 0 Å². The van der Waals surface area contributed by atoms with Crippen LogP contribution in [0, 0.1) is 19.7 Å². The largest absolute Gasteiger partial charge is 0.441 e. The molecule has 0 radical (unpaired) electrons. The highest BCUT2D eigenvalue weighted by molar-refractivity contribution is 8.00. The van der Waals surface area contributed by atoms with Crippen molar-refractivity contribution >= 4 is 11.8 Å². The van der Waals surface area contributed by atoms with Crippen LogP contribution >= 0.6 is 11.8 Å². The highest BCUT2D eigenvalue weighted by Crippen LogP contribution is 2.29. The SMILES string of the molecule is Cc1cc(CNCCSC(F)(F)F)cc(C)c1F. The minimum atomic E-state index is -4.18. The maximum Gasteiger partial charge on any atom is 0.441 e. The van der Waals surface area contributed by atoms with Gasteiger partial charge in [0.05, 0.1) is 0 Å². The van der Waals surface area contributed by atoms with Crippen LogP contribution in [0.1, 0.15) is 16.7 Å². The van der Waals surface area contributed by atoms with Crippen LogP contribution in [0.2, 0.25) is 0 Å². The van der Waals surface area contributed by atoms with Gasteiger partial charge in [0.1, 0.15) is 5.82 Å². The van der Waals surface area contributed by atoms with Crippen molar-refractivity contribution in [2.45, 2.75) is 25.9 Å². The van der Waals surface area contributed by atoms with Gasteiger partial charge < -0.3 is 5.32 Å². The summed E-state index contributed by atoms with van der Waals surface area (Å²) in [5.74, 6) is -0.255. The van der Waals surface area contributed by atoms with Crippen molar-refractivity contribution in [2.75, 3.05) is 12.3 Å². The normalized spacial score (nSPS) is 11.9. The van der Waals surface area contributed by atoms with Gasteiger partial charge in [-0.3, -0.25) is 0 Å². The third kappa shape index (κ3) is 5.27. The van der Waals surface area contributed by atoms with Crippen molar-refractivity contribution < 1.29 is 17.6 Å². The Hall–Kier alpha value is -0.750. The van der Waals surface area contributed by atoms with Gasteiger partial charge in [-0.2, -0.15) is 13.2 Å². The van der Waals surface area contributed by atoms with E-state index in [1.165, 1.54) is 0 Å². The second kappa shape index (κ2) is 6.43. The van der Waals surface area contributed by atoms with Crippen LogP contribution in [-0.4, -0.2) is 17.8 Å². The molecular weight excluding hydrogens is 266 g/mol. The predicted molar refractivity (Wildman–Crippen MR) is 66.1 cm³/mol. The fraction of sp³-hybridized carbons (Fsp3) is 0.500. The molecule has 0 unspecified atom stereocenters. The Labute approximate surface area is 108 Å².